The summed E-state index contributed by atoms with van der Waals surface area (Å²) in [6.45, 7) is 0. The van der Waals surface area contributed by atoms with E-state index < -0.39 is 0 Å². The summed E-state index contributed by atoms with van der Waals surface area (Å²) in [5, 5.41) is 11.0. The molecule has 0 unspecified atom stereocenters. The molecule has 134 valence electrons. The first-order valence-corrected chi connectivity index (χ1v) is 9.10. The Morgan fingerprint density at radius 2 is 1.59 bits per heavy atom. The van der Waals surface area contributed by atoms with Crippen LogP contribution in [0.5, 0.6) is 0 Å². The van der Waals surface area contributed by atoms with E-state index in [2.05, 4.69) is 4.57 Å². The van der Waals surface area contributed by atoms with E-state index in [4.69, 9.17) is 15.0 Å². The molecule has 1 aliphatic rings. The van der Waals surface area contributed by atoms with Crippen molar-refractivity contribution in [1.29, 1.82) is 0 Å². The van der Waals surface area contributed by atoms with Crippen molar-refractivity contribution >= 4 is 28.0 Å². The molecule has 7 heteroatoms. The summed E-state index contributed by atoms with van der Waals surface area (Å²) in [5.74, 6) is 0.780. The van der Waals surface area contributed by atoms with Crippen molar-refractivity contribution in [3.8, 4) is 11.4 Å². The van der Waals surface area contributed by atoms with Crippen molar-refractivity contribution in [3.63, 3.8) is 0 Å². The Balaban J connectivity index is 1.75. The normalized spacial score (nSPS) is 15.0. The molecule has 1 aliphatic carbocycles. The summed E-state index contributed by atoms with van der Waals surface area (Å²) in [6.07, 6.45) is 4.54. The molecule has 7 nitrogen and oxygen atoms in total. The molecule has 2 heterocycles. The van der Waals surface area contributed by atoms with E-state index in [1.807, 2.05) is 24.3 Å². The summed E-state index contributed by atoms with van der Waals surface area (Å²) in [6, 6.07) is 14.7. The van der Waals surface area contributed by atoms with E-state index in [9.17, 15) is 10.1 Å². The second kappa shape index (κ2) is 6.12. The third-order valence-electron chi connectivity index (χ3n) is 5.23. The van der Waals surface area contributed by atoms with E-state index in [-0.39, 0.29) is 10.6 Å². The maximum atomic E-state index is 11.0. The average Bonchev–Trinajstić information content (AvgIpc) is 3.33. The Morgan fingerprint density at radius 1 is 0.926 bits per heavy atom. The molecule has 1 saturated carbocycles. The number of benzene rings is 2. The van der Waals surface area contributed by atoms with Gasteiger partial charge in [-0.05, 0) is 37.1 Å². The van der Waals surface area contributed by atoms with Crippen LogP contribution in [0.3, 0.4) is 0 Å². The number of hydrogen-bond acceptors (Lipinski definition) is 5. The SMILES string of the molecule is O=[N+]([O-])c1ccc(-c2nc3nc4ccccc4nc3n2C2CCCC2)cc1. The summed E-state index contributed by atoms with van der Waals surface area (Å²) in [4.78, 5) is 24.9. The van der Waals surface area contributed by atoms with E-state index >= 15 is 0 Å². The minimum atomic E-state index is -0.389. The van der Waals surface area contributed by atoms with Gasteiger partial charge in [-0.15, -0.1) is 0 Å². The highest BCUT2D eigenvalue weighted by Crippen LogP contribution is 2.36. The molecule has 5 rings (SSSR count). The quantitative estimate of drug-likeness (QED) is 0.392. The summed E-state index contributed by atoms with van der Waals surface area (Å²) in [7, 11) is 0. The molecule has 0 aliphatic heterocycles. The number of fused-ring (bicyclic) bond motifs is 2. The number of nitro benzene ring substituents is 1. The highest BCUT2D eigenvalue weighted by Gasteiger charge is 2.25. The molecule has 0 bridgehead atoms. The van der Waals surface area contributed by atoms with Gasteiger partial charge in [-0.1, -0.05) is 25.0 Å². The number of nitro groups is 1. The van der Waals surface area contributed by atoms with Crippen LogP contribution in [-0.4, -0.2) is 24.4 Å². The zero-order chi connectivity index (χ0) is 18.4. The van der Waals surface area contributed by atoms with Gasteiger partial charge in [0.25, 0.3) is 5.69 Å². The predicted molar refractivity (Wildman–Crippen MR) is 102 cm³/mol. The Labute approximate surface area is 154 Å². The van der Waals surface area contributed by atoms with E-state index in [0.29, 0.717) is 11.7 Å². The second-order valence-electron chi connectivity index (χ2n) is 6.91. The zero-order valence-corrected chi connectivity index (χ0v) is 14.6. The standard InChI is InChI=1S/C20H17N5O2/c26-25(27)15-11-9-13(10-12-15)19-23-18-20(24(19)14-5-1-2-6-14)22-17-8-4-3-7-16(17)21-18/h3-4,7-12,14H,1-2,5-6H2. The smallest absolute Gasteiger partial charge is 0.269 e. The van der Waals surface area contributed by atoms with Crippen molar-refractivity contribution in [2.24, 2.45) is 0 Å². The lowest BCUT2D eigenvalue weighted by atomic mass is 10.1. The average molecular weight is 359 g/mol. The number of aromatic nitrogens is 4. The van der Waals surface area contributed by atoms with Gasteiger partial charge in [0, 0.05) is 23.7 Å². The van der Waals surface area contributed by atoms with Crippen LogP contribution in [0.1, 0.15) is 31.7 Å². The highest BCUT2D eigenvalue weighted by molar-refractivity contribution is 5.85. The molecule has 0 radical (unpaired) electrons. The van der Waals surface area contributed by atoms with Crippen LogP contribution >= 0.6 is 0 Å². The molecule has 27 heavy (non-hydrogen) atoms. The largest absolute Gasteiger partial charge is 0.304 e. The van der Waals surface area contributed by atoms with Gasteiger partial charge in [-0.25, -0.2) is 15.0 Å². The van der Waals surface area contributed by atoms with Crippen molar-refractivity contribution in [2.75, 3.05) is 0 Å². The van der Waals surface area contributed by atoms with Gasteiger partial charge in [0.1, 0.15) is 5.82 Å². The van der Waals surface area contributed by atoms with E-state index in [1.165, 1.54) is 25.0 Å². The van der Waals surface area contributed by atoms with Crippen LogP contribution in [0.25, 0.3) is 33.7 Å². The lowest BCUT2D eigenvalue weighted by Gasteiger charge is -2.15. The van der Waals surface area contributed by atoms with Gasteiger partial charge in [0.15, 0.2) is 11.3 Å². The Hall–Kier alpha value is -3.35. The number of hydrogen-bond donors (Lipinski definition) is 0. The molecule has 0 atom stereocenters. The maximum absolute atomic E-state index is 11.0. The van der Waals surface area contributed by atoms with Crippen molar-refractivity contribution in [3.05, 3.63) is 58.6 Å². The van der Waals surface area contributed by atoms with Crippen LogP contribution in [0.2, 0.25) is 0 Å². The fraction of sp³-hybridized carbons (Fsp3) is 0.250. The number of imidazole rings is 1. The fourth-order valence-corrected chi connectivity index (χ4v) is 3.92. The minimum absolute atomic E-state index is 0.0734. The summed E-state index contributed by atoms with van der Waals surface area (Å²) in [5.41, 5.74) is 3.99. The second-order valence-corrected chi connectivity index (χ2v) is 6.91. The van der Waals surface area contributed by atoms with Crippen LogP contribution in [-0.2, 0) is 0 Å². The number of non-ortho nitro benzene ring substituents is 1. The molecule has 4 aromatic rings. The van der Waals surface area contributed by atoms with Crippen molar-refractivity contribution in [1.82, 2.24) is 19.5 Å². The lowest BCUT2D eigenvalue weighted by Crippen LogP contribution is -2.07. The van der Waals surface area contributed by atoms with Crippen LogP contribution in [0.15, 0.2) is 48.5 Å². The van der Waals surface area contributed by atoms with Crippen molar-refractivity contribution in [2.45, 2.75) is 31.7 Å². The monoisotopic (exact) mass is 359 g/mol. The first kappa shape index (κ1) is 15.9. The molecule has 2 aromatic carbocycles. The molecule has 0 spiro atoms. The number of para-hydroxylation sites is 2. The first-order chi connectivity index (χ1) is 13.2. The van der Waals surface area contributed by atoms with Gasteiger partial charge in [-0.2, -0.15) is 0 Å². The third kappa shape index (κ3) is 2.63. The Bertz CT molecular complexity index is 1160. The summed E-state index contributed by atoms with van der Waals surface area (Å²) < 4.78 is 2.18. The van der Waals surface area contributed by atoms with E-state index in [1.54, 1.807) is 12.1 Å². The molecular formula is C20H17N5O2. The van der Waals surface area contributed by atoms with Crippen LogP contribution < -0.4 is 0 Å². The van der Waals surface area contributed by atoms with Gasteiger partial charge >= 0.3 is 0 Å². The number of nitrogens with zero attached hydrogens (tertiary/aromatic N) is 5. The maximum Gasteiger partial charge on any atom is 0.269 e. The van der Waals surface area contributed by atoms with Gasteiger partial charge < -0.3 is 4.57 Å². The zero-order valence-electron chi connectivity index (χ0n) is 14.6. The molecular weight excluding hydrogens is 342 g/mol. The molecule has 1 fully saturated rings. The predicted octanol–water partition coefficient (Wildman–Crippen LogP) is 4.67. The Morgan fingerprint density at radius 3 is 2.26 bits per heavy atom. The molecule has 0 N–H and O–H groups in total. The third-order valence-corrected chi connectivity index (χ3v) is 5.23. The molecule has 0 amide bonds. The first-order valence-electron chi connectivity index (χ1n) is 9.10. The van der Waals surface area contributed by atoms with Crippen LogP contribution in [0.4, 0.5) is 5.69 Å². The lowest BCUT2D eigenvalue weighted by molar-refractivity contribution is -0.384. The topological polar surface area (TPSA) is 86.7 Å². The minimum Gasteiger partial charge on any atom is -0.304 e. The van der Waals surface area contributed by atoms with Crippen molar-refractivity contribution < 1.29 is 4.92 Å². The van der Waals surface area contributed by atoms with Gasteiger partial charge in [0.2, 0.25) is 0 Å². The fourth-order valence-electron chi connectivity index (χ4n) is 3.92. The molecule has 0 saturated heterocycles. The molecule has 2 aromatic heterocycles. The van der Waals surface area contributed by atoms with Crippen LogP contribution in [0, 0.1) is 10.1 Å². The van der Waals surface area contributed by atoms with Gasteiger partial charge in [0.05, 0.1) is 16.0 Å². The number of rotatable bonds is 3. The highest BCUT2D eigenvalue weighted by atomic mass is 16.6. The summed E-state index contributed by atoms with van der Waals surface area (Å²) >= 11 is 0. The Kier molecular flexibility index (Phi) is 3.60. The van der Waals surface area contributed by atoms with E-state index in [0.717, 1.165) is 40.9 Å². The van der Waals surface area contributed by atoms with Gasteiger partial charge in [-0.3, -0.25) is 10.1 Å².